The molecule has 2 nitrogen and oxygen atoms in total. The Morgan fingerprint density at radius 1 is 1.07 bits per heavy atom. The summed E-state index contributed by atoms with van der Waals surface area (Å²) in [6.07, 6.45) is 7.25. The van der Waals surface area contributed by atoms with Crippen LogP contribution in [0, 0.1) is 7.43 Å². The summed E-state index contributed by atoms with van der Waals surface area (Å²) in [6.45, 7) is 2.18. The molecular weight excluding hydrogens is 256 g/mol. The Morgan fingerprint density at radius 3 is 1.93 bits per heavy atom. The summed E-state index contributed by atoms with van der Waals surface area (Å²) < 4.78 is 0. The normalized spacial score (nSPS) is 7.79. The molecule has 0 rings (SSSR count). The van der Waals surface area contributed by atoms with Gasteiger partial charge in [0.25, 0.3) is 0 Å². The van der Waals surface area contributed by atoms with Crippen molar-refractivity contribution in [2.24, 2.45) is 0 Å². The van der Waals surface area contributed by atoms with E-state index < -0.39 is 5.97 Å². The largest absolute Gasteiger partial charge is 2.00 e. The summed E-state index contributed by atoms with van der Waals surface area (Å²) in [5.41, 5.74) is 0. The van der Waals surface area contributed by atoms with Crippen LogP contribution in [0.2, 0.25) is 0 Å². The van der Waals surface area contributed by atoms with E-state index in [0.29, 0.717) is 6.42 Å². The fourth-order valence-corrected chi connectivity index (χ4v) is 1.06. The van der Waals surface area contributed by atoms with Crippen molar-refractivity contribution in [1.82, 2.24) is 0 Å². The molecule has 0 aliphatic rings. The van der Waals surface area contributed by atoms with Gasteiger partial charge in [-0.15, -0.1) is 0 Å². The van der Waals surface area contributed by atoms with Crippen molar-refractivity contribution in [3.05, 3.63) is 7.43 Å². The van der Waals surface area contributed by atoms with E-state index in [4.69, 9.17) is 5.11 Å². The van der Waals surface area contributed by atoms with Gasteiger partial charge < -0.3 is 29.5 Å². The third-order valence-corrected chi connectivity index (χ3v) is 1.74. The van der Waals surface area contributed by atoms with E-state index in [2.05, 4.69) is 6.92 Å². The van der Waals surface area contributed by atoms with Crippen LogP contribution in [0.4, 0.5) is 0 Å². The van der Waals surface area contributed by atoms with Crippen molar-refractivity contribution in [2.75, 3.05) is 0 Å². The topological polar surface area (TPSA) is 37.3 Å². The molecule has 0 atom stereocenters. The van der Waals surface area contributed by atoms with Crippen LogP contribution in [0.1, 0.15) is 51.9 Å². The van der Waals surface area contributed by atoms with Crippen LogP contribution in [-0.4, -0.2) is 34.1 Å². The van der Waals surface area contributed by atoms with E-state index in [9.17, 15) is 4.79 Å². The van der Waals surface area contributed by atoms with Crippen LogP contribution in [0.25, 0.3) is 0 Å². The summed E-state index contributed by atoms with van der Waals surface area (Å²) >= 11 is 0. The van der Waals surface area contributed by atoms with E-state index in [-0.39, 0.29) is 47.5 Å². The maximum absolute atomic E-state index is 10.1. The molecule has 82 valence electrons. The molecule has 4 heteroatoms. The number of carboxylic acid groups (broad SMARTS) is 1. The first-order valence-corrected chi connectivity index (χ1v) is 4.49. The maximum atomic E-state index is 10.1. The van der Waals surface area contributed by atoms with Crippen LogP contribution < -0.4 is 17.0 Å². The van der Waals surface area contributed by atoms with Crippen LogP contribution >= 0.6 is 0 Å². The molecule has 0 heterocycles. The van der Waals surface area contributed by atoms with Gasteiger partial charge in [0.1, 0.15) is 0 Å². The van der Waals surface area contributed by atoms with E-state index in [1.54, 1.807) is 0 Å². The molecule has 0 fully saturated rings. The first-order chi connectivity index (χ1) is 5.27. The molecule has 1 N–H and O–H groups in total. The number of carbonyl (C=O) groups is 1. The number of aliphatic carboxylic acids is 1. The zero-order valence-corrected chi connectivity index (χ0v) is 12.4. The van der Waals surface area contributed by atoms with Gasteiger partial charge >= 0.3 is 29.0 Å². The molecule has 14 heavy (non-hydrogen) atoms. The second-order valence-electron chi connectivity index (χ2n) is 2.91. The van der Waals surface area contributed by atoms with Crippen molar-refractivity contribution < 1.29 is 26.9 Å². The third kappa shape index (κ3) is 23.0. The van der Waals surface area contributed by atoms with Gasteiger partial charge in [-0.1, -0.05) is 39.0 Å². The first-order valence-electron chi connectivity index (χ1n) is 4.49. The standard InChI is InChI=1S/C9H18O2.CH3.BrH.Mg/c1-2-3-4-5-6-7-8-9(10)11;;;/h2-8H2,1H3,(H,10,11);1H3;1H;/q;-1;;+2/p-1. The molecule has 0 aliphatic carbocycles. The summed E-state index contributed by atoms with van der Waals surface area (Å²) in [5, 5.41) is 8.32. The fraction of sp³-hybridized carbons (Fsp3) is 0.800. The van der Waals surface area contributed by atoms with E-state index in [1.807, 2.05) is 0 Å². The van der Waals surface area contributed by atoms with Crippen molar-refractivity contribution >= 4 is 29.0 Å². The quantitative estimate of drug-likeness (QED) is 0.401. The van der Waals surface area contributed by atoms with Crippen molar-refractivity contribution in [1.29, 1.82) is 0 Å². The van der Waals surface area contributed by atoms with Crippen LogP contribution in [0.5, 0.6) is 0 Å². The molecule has 0 aliphatic heterocycles. The van der Waals surface area contributed by atoms with Gasteiger partial charge in [0.2, 0.25) is 0 Å². The number of carboxylic acids is 1. The SMILES string of the molecule is CCCCCCCCC(=O)O.[Br-].[CH3-].[Mg+2]. The van der Waals surface area contributed by atoms with Crippen LogP contribution in [0.3, 0.4) is 0 Å². The summed E-state index contributed by atoms with van der Waals surface area (Å²) in [5.74, 6) is -0.666. The molecule has 0 unspecified atom stereocenters. The van der Waals surface area contributed by atoms with Gasteiger partial charge in [-0.2, -0.15) is 0 Å². The second-order valence-corrected chi connectivity index (χ2v) is 2.91. The smallest absolute Gasteiger partial charge is 1.00 e. The Labute approximate surface area is 115 Å². The second kappa shape index (κ2) is 19.3. The molecular formula is C10H21BrMgO2. The molecule has 0 bridgehead atoms. The molecule has 0 radical (unpaired) electrons. The van der Waals surface area contributed by atoms with Crippen molar-refractivity contribution in [2.45, 2.75) is 51.9 Å². The number of unbranched alkanes of at least 4 members (excludes halogenated alkanes) is 5. The minimum Gasteiger partial charge on any atom is -1.00 e. The first kappa shape index (κ1) is 24.1. The molecule has 0 aromatic heterocycles. The molecule has 0 saturated heterocycles. The molecule has 0 aromatic carbocycles. The van der Waals surface area contributed by atoms with E-state index >= 15 is 0 Å². The zero-order valence-electron chi connectivity index (χ0n) is 9.39. The third-order valence-electron chi connectivity index (χ3n) is 1.74. The Kier molecular flexibility index (Phi) is 33.3. The van der Waals surface area contributed by atoms with E-state index in [0.717, 1.165) is 12.8 Å². The Hall–Kier alpha value is 0.716. The van der Waals surface area contributed by atoms with Crippen LogP contribution in [0.15, 0.2) is 0 Å². The number of halogens is 1. The average molecular weight is 277 g/mol. The number of hydrogen-bond donors (Lipinski definition) is 1. The van der Waals surface area contributed by atoms with Crippen LogP contribution in [-0.2, 0) is 4.79 Å². The minimum atomic E-state index is -0.666. The maximum Gasteiger partial charge on any atom is 2.00 e. The van der Waals surface area contributed by atoms with Gasteiger partial charge in [0.05, 0.1) is 0 Å². The molecule has 0 saturated carbocycles. The van der Waals surface area contributed by atoms with Gasteiger partial charge in [-0.05, 0) is 6.42 Å². The van der Waals surface area contributed by atoms with E-state index in [1.165, 1.54) is 25.7 Å². The van der Waals surface area contributed by atoms with Gasteiger partial charge in [-0.25, -0.2) is 0 Å². The molecule has 0 aromatic rings. The Bertz CT molecular complexity index is 110. The average Bonchev–Trinajstić information content (AvgIpc) is 1.96. The molecule has 0 amide bonds. The van der Waals surface area contributed by atoms with Gasteiger partial charge in [0.15, 0.2) is 0 Å². The predicted octanol–water partition coefficient (Wildman–Crippen LogP) is -0.105. The van der Waals surface area contributed by atoms with Gasteiger partial charge in [-0.3, -0.25) is 4.79 Å². The predicted molar refractivity (Wildman–Crippen MR) is 57.8 cm³/mol. The summed E-state index contributed by atoms with van der Waals surface area (Å²) in [6, 6.07) is 0. The number of hydrogen-bond acceptors (Lipinski definition) is 1. The number of rotatable bonds is 7. The Morgan fingerprint density at radius 2 is 1.50 bits per heavy atom. The minimum absolute atomic E-state index is 0. The van der Waals surface area contributed by atoms with Crippen molar-refractivity contribution in [3.8, 4) is 0 Å². The Balaban J connectivity index is -0.000000167. The molecule has 0 spiro atoms. The summed E-state index contributed by atoms with van der Waals surface area (Å²) in [7, 11) is 0. The van der Waals surface area contributed by atoms with Gasteiger partial charge in [0, 0.05) is 6.42 Å². The zero-order chi connectivity index (χ0) is 8.53. The summed E-state index contributed by atoms with van der Waals surface area (Å²) in [4.78, 5) is 10.1. The fourth-order valence-electron chi connectivity index (χ4n) is 1.06. The monoisotopic (exact) mass is 276 g/mol. The van der Waals surface area contributed by atoms with Crippen molar-refractivity contribution in [3.63, 3.8) is 0 Å².